The van der Waals surface area contributed by atoms with Crippen molar-refractivity contribution in [2.45, 2.75) is 42.6 Å². The molecule has 0 radical (unpaired) electrons. The molecule has 3 nitrogen and oxygen atoms in total. The van der Waals surface area contributed by atoms with Crippen LogP contribution in [0.1, 0.15) is 47.9 Å². The molecule has 0 N–H and O–H groups in total. The summed E-state index contributed by atoms with van der Waals surface area (Å²) in [6, 6.07) is 16.2. The molecule has 1 heterocycles. The minimum atomic E-state index is -1.01. The molecule has 6 rings (SSSR count). The van der Waals surface area contributed by atoms with Gasteiger partial charge in [-0.1, -0.05) is 72.8 Å². The lowest BCUT2D eigenvalue weighted by Gasteiger charge is -2.50. The van der Waals surface area contributed by atoms with Gasteiger partial charge in [-0.2, -0.15) is 0 Å². The van der Waals surface area contributed by atoms with Crippen LogP contribution in [0.25, 0.3) is 0 Å². The van der Waals surface area contributed by atoms with Crippen molar-refractivity contribution in [3.63, 3.8) is 0 Å². The van der Waals surface area contributed by atoms with Gasteiger partial charge in [0, 0.05) is 17.9 Å². The minimum Gasteiger partial charge on any atom is -0.278 e. The van der Waals surface area contributed by atoms with Crippen molar-refractivity contribution in [2.75, 3.05) is 0 Å². The van der Waals surface area contributed by atoms with E-state index < -0.39 is 10.8 Å². The number of hydrogen-bond acceptors (Lipinski definition) is 2. The zero-order valence-corrected chi connectivity index (χ0v) is 15.9. The van der Waals surface area contributed by atoms with Crippen LogP contribution in [0.15, 0.2) is 72.8 Å². The molecule has 1 fully saturated rings. The molecule has 1 aliphatic heterocycles. The Morgan fingerprint density at radius 2 is 1.18 bits per heavy atom. The van der Waals surface area contributed by atoms with Crippen LogP contribution in [0.3, 0.4) is 0 Å². The van der Waals surface area contributed by atoms with Crippen molar-refractivity contribution in [1.29, 1.82) is 0 Å². The highest BCUT2D eigenvalue weighted by atomic mass is 16.2. The highest BCUT2D eigenvalue weighted by Crippen LogP contribution is 2.64. The fourth-order valence-electron chi connectivity index (χ4n) is 6.14. The van der Waals surface area contributed by atoms with Gasteiger partial charge in [0.25, 0.3) is 0 Å². The third-order valence-electron chi connectivity index (χ3n) is 7.23. The lowest BCUT2D eigenvalue weighted by Crippen LogP contribution is -2.54. The van der Waals surface area contributed by atoms with E-state index in [9.17, 15) is 9.59 Å². The van der Waals surface area contributed by atoms with Crippen molar-refractivity contribution in [3.8, 4) is 0 Å². The second-order valence-corrected chi connectivity index (χ2v) is 8.63. The molecule has 0 aromatic heterocycles. The Hall–Kier alpha value is -2.94. The van der Waals surface area contributed by atoms with Crippen LogP contribution in [0, 0.1) is 0 Å². The van der Waals surface area contributed by atoms with Crippen LogP contribution in [0.2, 0.25) is 0 Å². The number of carbonyl (C=O) groups is 2. The topological polar surface area (TPSA) is 37.4 Å². The second-order valence-electron chi connectivity index (χ2n) is 8.63. The molecule has 2 amide bonds. The number of nitrogens with zero attached hydrogens (tertiary/aromatic N) is 1. The first-order valence-electron chi connectivity index (χ1n) is 9.99. The number of rotatable bonds is 1. The predicted octanol–water partition coefficient (Wildman–Crippen LogP) is 3.96. The van der Waals surface area contributed by atoms with E-state index in [1.54, 1.807) is 0 Å². The maximum atomic E-state index is 14.0. The molecule has 1 saturated heterocycles. The first kappa shape index (κ1) is 16.1. The summed E-state index contributed by atoms with van der Waals surface area (Å²) in [6.07, 6.45) is 8.45. The van der Waals surface area contributed by atoms with Gasteiger partial charge in [0.15, 0.2) is 0 Å². The first-order chi connectivity index (χ1) is 13.5. The van der Waals surface area contributed by atoms with E-state index in [1.165, 1.54) is 16.0 Å². The maximum Gasteiger partial charge on any atom is 0.245 e. The van der Waals surface area contributed by atoms with Crippen LogP contribution in [0.4, 0.5) is 0 Å². The summed E-state index contributed by atoms with van der Waals surface area (Å²) in [5, 5.41) is 0. The average Bonchev–Trinajstić information content (AvgIpc) is 2.85. The number of imide groups is 1. The third-order valence-corrected chi connectivity index (χ3v) is 7.23. The lowest BCUT2D eigenvalue weighted by atomic mass is 9.48. The number of fused-ring (bicyclic) bond motifs is 1. The van der Waals surface area contributed by atoms with Gasteiger partial charge in [-0.05, 0) is 36.1 Å². The molecular weight excluding hydrogens is 346 g/mol. The molecule has 3 heteroatoms. The molecule has 2 aromatic rings. The fourth-order valence-corrected chi connectivity index (χ4v) is 6.14. The van der Waals surface area contributed by atoms with E-state index in [0.717, 1.165) is 11.1 Å². The molecule has 2 spiro atoms. The van der Waals surface area contributed by atoms with Crippen LogP contribution in [-0.4, -0.2) is 22.8 Å². The van der Waals surface area contributed by atoms with Crippen molar-refractivity contribution < 1.29 is 9.59 Å². The number of carbonyl (C=O) groups excluding carboxylic acids is 2. The van der Waals surface area contributed by atoms with Crippen molar-refractivity contribution >= 4 is 11.8 Å². The van der Waals surface area contributed by atoms with Gasteiger partial charge in [-0.15, -0.1) is 0 Å². The summed E-state index contributed by atoms with van der Waals surface area (Å²) >= 11 is 0. The Kier molecular flexibility index (Phi) is 2.81. The van der Waals surface area contributed by atoms with Gasteiger partial charge in [0.2, 0.25) is 11.8 Å². The van der Waals surface area contributed by atoms with Crippen LogP contribution in [-0.2, 0) is 20.4 Å². The quantitative estimate of drug-likeness (QED) is 0.565. The second kappa shape index (κ2) is 4.91. The third kappa shape index (κ3) is 1.45. The highest BCUT2D eigenvalue weighted by Gasteiger charge is 2.72. The van der Waals surface area contributed by atoms with E-state index in [-0.39, 0.29) is 29.7 Å². The summed E-state index contributed by atoms with van der Waals surface area (Å²) in [5.74, 6) is 0.144. The summed E-state index contributed by atoms with van der Waals surface area (Å²) in [6.45, 7) is 3.84. The normalized spacial score (nSPS) is 33.8. The molecular formula is C25H21NO2. The number of benzene rings is 2. The Morgan fingerprint density at radius 3 is 1.61 bits per heavy atom. The summed E-state index contributed by atoms with van der Waals surface area (Å²) < 4.78 is 0. The van der Waals surface area contributed by atoms with Gasteiger partial charge >= 0.3 is 0 Å². The van der Waals surface area contributed by atoms with Gasteiger partial charge < -0.3 is 0 Å². The molecule has 3 aliphatic carbocycles. The van der Waals surface area contributed by atoms with E-state index in [4.69, 9.17) is 0 Å². The van der Waals surface area contributed by atoms with E-state index in [1.807, 2.05) is 38.1 Å². The largest absolute Gasteiger partial charge is 0.278 e. The molecule has 4 bridgehead atoms. The number of amides is 2. The zero-order valence-electron chi connectivity index (χ0n) is 15.9. The van der Waals surface area contributed by atoms with Crippen LogP contribution < -0.4 is 0 Å². The smallest absolute Gasteiger partial charge is 0.245 e. The Morgan fingerprint density at radius 1 is 0.750 bits per heavy atom. The number of allylic oxidation sites excluding steroid dienone is 2. The SMILES string of the molecule is CC(C)N1C(=O)[C@@]23C=C[C@@H](c4ccccc42)[C@H]2C=C[C@]3(C1=O)c1ccccc12. The Labute approximate surface area is 164 Å². The van der Waals surface area contributed by atoms with Gasteiger partial charge in [-0.25, -0.2) is 0 Å². The van der Waals surface area contributed by atoms with Crippen molar-refractivity contribution in [3.05, 3.63) is 95.1 Å². The summed E-state index contributed by atoms with van der Waals surface area (Å²) in [4.78, 5) is 29.5. The van der Waals surface area contributed by atoms with E-state index in [0.29, 0.717) is 0 Å². The van der Waals surface area contributed by atoms with Crippen molar-refractivity contribution in [2.24, 2.45) is 0 Å². The minimum absolute atomic E-state index is 0.102. The lowest BCUT2D eigenvalue weighted by molar-refractivity contribution is -0.141. The summed E-state index contributed by atoms with van der Waals surface area (Å²) in [7, 11) is 0. The average molecular weight is 367 g/mol. The summed E-state index contributed by atoms with van der Waals surface area (Å²) in [5.41, 5.74) is 2.30. The van der Waals surface area contributed by atoms with Crippen LogP contribution >= 0.6 is 0 Å². The standard InChI is InChI=1S/C25H21NO2/c1-15(2)26-22(27)24-13-11-16(18-7-3-5-9-20(18)24)17-12-14-25(24,23(26)28)21-10-6-4-8-19(17)21/h3-17H,1-2H3/t16-,17-,24-,25-/m1/s1. The molecule has 0 saturated carbocycles. The molecule has 138 valence electrons. The highest BCUT2D eigenvalue weighted by molar-refractivity contribution is 6.19. The Balaban J connectivity index is 1.83. The number of likely N-dealkylation sites (tertiary alicyclic amines) is 1. The molecule has 0 unspecified atom stereocenters. The predicted molar refractivity (Wildman–Crippen MR) is 107 cm³/mol. The monoisotopic (exact) mass is 367 g/mol. The van der Waals surface area contributed by atoms with E-state index >= 15 is 0 Å². The van der Waals surface area contributed by atoms with Crippen LogP contribution in [0.5, 0.6) is 0 Å². The molecule has 28 heavy (non-hydrogen) atoms. The molecule has 2 aromatic carbocycles. The Bertz CT molecular complexity index is 1040. The van der Waals surface area contributed by atoms with E-state index in [2.05, 4.69) is 48.6 Å². The van der Waals surface area contributed by atoms with Gasteiger partial charge in [-0.3, -0.25) is 14.5 Å². The fraction of sp³-hybridized carbons (Fsp3) is 0.280. The molecule has 4 atom stereocenters. The zero-order chi connectivity index (χ0) is 19.3. The van der Waals surface area contributed by atoms with Gasteiger partial charge in [0.05, 0.1) is 0 Å². The van der Waals surface area contributed by atoms with Crippen molar-refractivity contribution in [1.82, 2.24) is 4.90 Å². The maximum absolute atomic E-state index is 14.0. The number of hydrogen-bond donors (Lipinski definition) is 0. The first-order valence-corrected chi connectivity index (χ1v) is 9.99. The molecule has 4 aliphatic rings. The van der Waals surface area contributed by atoms with Gasteiger partial charge in [0.1, 0.15) is 10.8 Å².